The zero-order valence-electron chi connectivity index (χ0n) is 14.5. The molecule has 1 aromatic heterocycles. The van der Waals surface area contributed by atoms with Gasteiger partial charge in [0.25, 0.3) is 0 Å². The van der Waals surface area contributed by atoms with Gasteiger partial charge < -0.3 is 15.2 Å². The quantitative estimate of drug-likeness (QED) is 0.330. The number of benzene rings is 1. The second kappa shape index (κ2) is 10.7. The first kappa shape index (κ1) is 21.9. The Morgan fingerprint density at radius 2 is 2.08 bits per heavy atom. The highest BCUT2D eigenvalue weighted by Crippen LogP contribution is 2.16. The van der Waals surface area contributed by atoms with Crippen molar-refractivity contribution in [1.29, 1.82) is 0 Å². The molecule has 1 heterocycles. The lowest BCUT2D eigenvalue weighted by molar-refractivity contribution is 0.372. The van der Waals surface area contributed by atoms with E-state index in [1.807, 2.05) is 13.0 Å². The molecule has 5 nitrogen and oxygen atoms in total. The van der Waals surface area contributed by atoms with E-state index >= 15 is 0 Å². The molecular weight excluding hydrogens is 502 g/mol. The van der Waals surface area contributed by atoms with Crippen LogP contribution in [0, 0.1) is 5.82 Å². The van der Waals surface area contributed by atoms with Gasteiger partial charge in [0.05, 0.1) is 18.8 Å². The predicted octanol–water partition coefficient (Wildman–Crippen LogP) is 4.57. The molecule has 0 unspecified atom stereocenters. The minimum atomic E-state index is -0.277. The lowest BCUT2D eigenvalue weighted by Gasteiger charge is -2.10. The van der Waals surface area contributed by atoms with Crippen LogP contribution in [0.25, 0.3) is 0 Å². The molecule has 0 aliphatic rings. The first-order valence-electron chi connectivity index (χ1n) is 7.91. The van der Waals surface area contributed by atoms with Gasteiger partial charge in [0.2, 0.25) is 0 Å². The third-order valence-corrected chi connectivity index (χ3v) is 3.86. The van der Waals surface area contributed by atoms with Crippen LogP contribution in [0.4, 0.5) is 4.39 Å². The number of nitrogens with zero attached hydrogens (tertiary/aromatic N) is 2. The summed E-state index contributed by atoms with van der Waals surface area (Å²) >= 11 is 3.25. The summed E-state index contributed by atoms with van der Waals surface area (Å²) in [5, 5.41) is 10.3. The number of hydrogen-bond acceptors (Lipinski definition) is 3. The fourth-order valence-corrected chi connectivity index (χ4v) is 2.34. The Kier molecular flexibility index (Phi) is 9.41. The third-order valence-electron chi connectivity index (χ3n) is 3.37. The van der Waals surface area contributed by atoms with Gasteiger partial charge in [0, 0.05) is 22.6 Å². The van der Waals surface area contributed by atoms with E-state index in [1.165, 1.54) is 6.07 Å². The Labute approximate surface area is 173 Å². The van der Waals surface area contributed by atoms with Crippen LogP contribution >= 0.6 is 39.9 Å². The minimum absolute atomic E-state index is 0. The molecule has 2 N–H and O–H groups in total. The zero-order valence-corrected chi connectivity index (χ0v) is 18.4. The maximum Gasteiger partial charge on any atom is 0.191 e. The third kappa shape index (κ3) is 6.93. The smallest absolute Gasteiger partial charge is 0.191 e. The van der Waals surface area contributed by atoms with E-state index in [1.54, 1.807) is 12.1 Å². The van der Waals surface area contributed by atoms with Crippen molar-refractivity contribution in [2.75, 3.05) is 6.54 Å². The average Bonchev–Trinajstić information content (AvgIpc) is 3.00. The Hall–Kier alpha value is -1.16. The van der Waals surface area contributed by atoms with Crippen LogP contribution in [0.2, 0.25) is 0 Å². The first-order valence-corrected chi connectivity index (χ1v) is 8.70. The summed E-state index contributed by atoms with van der Waals surface area (Å²) in [5.41, 5.74) is 1.46. The molecule has 0 fully saturated rings. The van der Waals surface area contributed by atoms with E-state index in [-0.39, 0.29) is 36.3 Å². The molecule has 0 bridgehead atoms. The second-order valence-electron chi connectivity index (χ2n) is 5.66. The number of aromatic nitrogens is 1. The molecule has 2 aromatic rings. The van der Waals surface area contributed by atoms with Crippen molar-refractivity contribution in [3.63, 3.8) is 0 Å². The molecule has 8 heteroatoms. The molecule has 1 aromatic carbocycles. The van der Waals surface area contributed by atoms with E-state index in [0.717, 1.165) is 11.5 Å². The SMILES string of the molecule is CCNC(=NCc1ccc(Br)cc1F)NCc1cc(C(C)C)no1.I. The summed E-state index contributed by atoms with van der Waals surface area (Å²) in [6, 6.07) is 6.89. The van der Waals surface area contributed by atoms with Crippen LogP contribution in [0.15, 0.2) is 38.3 Å². The van der Waals surface area contributed by atoms with Crippen LogP contribution < -0.4 is 10.6 Å². The summed E-state index contributed by atoms with van der Waals surface area (Å²) in [6.45, 7) is 7.53. The van der Waals surface area contributed by atoms with Crippen LogP contribution in [-0.4, -0.2) is 17.7 Å². The highest BCUT2D eigenvalue weighted by molar-refractivity contribution is 14.0. The van der Waals surface area contributed by atoms with Crippen LogP contribution in [0.1, 0.15) is 43.7 Å². The number of guanidine groups is 1. The topological polar surface area (TPSA) is 62.5 Å². The van der Waals surface area contributed by atoms with Crippen LogP contribution in [0.5, 0.6) is 0 Å². The van der Waals surface area contributed by atoms with Crippen molar-refractivity contribution in [2.45, 2.75) is 39.8 Å². The van der Waals surface area contributed by atoms with Crippen molar-refractivity contribution in [2.24, 2.45) is 4.99 Å². The summed E-state index contributed by atoms with van der Waals surface area (Å²) in [4.78, 5) is 4.41. The fraction of sp³-hybridized carbons (Fsp3) is 0.412. The lowest BCUT2D eigenvalue weighted by Crippen LogP contribution is -2.36. The maximum absolute atomic E-state index is 13.9. The highest BCUT2D eigenvalue weighted by atomic mass is 127. The van der Waals surface area contributed by atoms with Gasteiger partial charge >= 0.3 is 0 Å². The van der Waals surface area contributed by atoms with Crippen molar-refractivity contribution in [3.8, 4) is 0 Å². The number of halogens is 3. The van der Waals surface area contributed by atoms with Gasteiger partial charge in [0.15, 0.2) is 11.7 Å². The summed E-state index contributed by atoms with van der Waals surface area (Å²) < 4.78 is 19.9. The zero-order chi connectivity index (χ0) is 17.5. The molecule has 25 heavy (non-hydrogen) atoms. The number of aliphatic imine (C=N–C) groups is 1. The highest BCUT2D eigenvalue weighted by Gasteiger charge is 2.08. The molecule has 0 atom stereocenters. The standard InChI is InChI=1S/C17H22BrFN4O.HI/c1-4-20-17(21-9-12-5-6-13(18)7-15(12)19)22-10-14-8-16(11(2)3)23-24-14;/h5-8,11H,4,9-10H2,1-3H3,(H2,20,21,22);1H. The van der Waals surface area contributed by atoms with Crippen LogP contribution in [-0.2, 0) is 13.1 Å². The van der Waals surface area contributed by atoms with Gasteiger partial charge in [-0.15, -0.1) is 24.0 Å². The Morgan fingerprint density at radius 1 is 1.32 bits per heavy atom. The van der Waals surface area contributed by atoms with Gasteiger partial charge in [-0.25, -0.2) is 9.38 Å². The molecule has 0 aliphatic heterocycles. The van der Waals surface area contributed by atoms with E-state index in [4.69, 9.17) is 4.52 Å². The van der Waals surface area contributed by atoms with E-state index in [2.05, 4.69) is 50.6 Å². The number of rotatable bonds is 6. The molecule has 138 valence electrons. The molecule has 0 saturated heterocycles. The van der Waals surface area contributed by atoms with E-state index in [0.29, 0.717) is 35.0 Å². The van der Waals surface area contributed by atoms with Gasteiger partial charge in [-0.2, -0.15) is 0 Å². The predicted molar refractivity (Wildman–Crippen MR) is 112 cm³/mol. The molecule has 2 rings (SSSR count). The van der Waals surface area contributed by atoms with Crippen molar-refractivity contribution in [1.82, 2.24) is 15.8 Å². The van der Waals surface area contributed by atoms with E-state index < -0.39 is 0 Å². The number of hydrogen-bond donors (Lipinski definition) is 2. The van der Waals surface area contributed by atoms with Crippen molar-refractivity contribution < 1.29 is 8.91 Å². The average molecular weight is 525 g/mol. The van der Waals surface area contributed by atoms with Crippen molar-refractivity contribution >= 4 is 45.9 Å². The largest absolute Gasteiger partial charge is 0.359 e. The van der Waals surface area contributed by atoms with E-state index in [9.17, 15) is 4.39 Å². The summed E-state index contributed by atoms with van der Waals surface area (Å²) in [6.07, 6.45) is 0. The Balaban J connectivity index is 0.00000312. The van der Waals surface area contributed by atoms with Gasteiger partial charge in [-0.3, -0.25) is 0 Å². The molecule has 0 aliphatic carbocycles. The maximum atomic E-state index is 13.9. The van der Waals surface area contributed by atoms with Crippen molar-refractivity contribution in [3.05, 3.63) is 51.6 Å². The lowest BCUT2D eigenvalue weighted by atomic mass is 10.1. The van der Waals surface area contributed by atoms with Crippen LogP contribution in [0.3, 0.4) is 0 Å². The van der Waals surface area contributed by atoms with Gasteiger partial charge in [-0.05, 0) is 25.0 Å². The molecule has 0 saturated carbocycles. The normalized spacial score (nSPS) is 11.4. The number of nitrogens with one attached hydrogen (secondary N) is 2. The Bertz CT molecular complexity index is 706. The second-order valence-corrected chi connectivity index (χ2v) is 6.57. The first-order chi connectivity index (χ1) is 11.5. The fourth-order valence-electron chi connectivity index (χ4n) is 2.01. The molecular formula is C17H23BrFIN4O. The van der Waals surface area contributed by atoms with Gasteiger partial charge in [-0.1, -0.05) is 41.0 Å². The minimum Gasteiger partial charge on any atom is -0.359 e. The molecule has 0 radical (unpaired) electrons. The summed E-state index contributed by atoms with van der Waals surface area (Å²) in [5.74, 6) is 1.38. The Morgan fingerprint density at radius 3 is 2.68 bits per heavy atom. The summed E-state index contributed by atoms with van der Waals surface area (Å²) in [7, 11) is 0. The molecule has 0 spiro atoms. The molecule has 0 amide bonds. The monoisotopic (exact) mass is 524 g/mol. The van der Waals surface area contributed by atoms with Gasteiger partial charge in [0.1, 0.15) is 5.82 Å².